The third-order valence-corrected chi connectivity index (χ3v) is 7.73. The quantitative estimate of drug-likeness (QED) is 0.404. The maximum absolute atomic E-state index is 4.46. The monoisotopic (exact) mass is 350 g/mol. The fraction of sp³-hybridized carbons (Fsp3) is 0. The van der Waals surface area contributed by atoms with E-state index in [-0.39, 0.29) is 0 Å². The summed E-state index contributed by atoms with van der Waals surface area (Å²) < 4.78 is 2.53. The Balaban J connectivity index is 1.77. The lowest BCUT2D eigenvalue weighted by Gasteiger charge is -2.44. The van der Waals surface area contributed by atoms with Crippen molar-refractivity contribution < 1.29 is 0 Å². The van der Waals surface area contributed by atoms with Gasteiger partial charge in [0.25, 0.3) is 0 Å². The van der Waals surface area contributed by atoms with Gasteiger partial charge < -0.3 is 4.67 Å². The van der Waals surface area contributed by atoms with Crippen molar-refractivity contribution in [3.05, 3.63) is 91.3 Å². The van der Waals surface area contributed by atoms with Crippen molar-refractivity contribution in [1.82, 2.24) is 4.98 Å². The summed E-state index contributed by atoms with van der Waals surface area (Å²) in [6.07, 6.45) is 3.91. The first-order valence-electron chi connectivity index (χ1n) is 8.75. The van der Waals surface area contributed by atoms with Crippen LogP contribution < -0.4 is 15.3 Å². The molecule has 3 heterocycles. The molecule has 3 aromatic carbocycles. The Morgan fingerprint density at radius 3 is 1.88 bits per heavy atom. The number of aromatic nitrogens is 1. The zero-order chi connectivity index (χ0) is 17.1. The second-order valence-electron chi connectivity index (χ2n) is 6.57. The van der Waals surface area contributed by atoms with Crippen molar-refractivity contribution in [2.24, 2.45) is 0 Å². The van der Waals surface area contributed by atoms with Gasteiger partial charge in [-0.05, 0) is 23.3 Å². The molecule has 6 rings (SSSR count). The van der Waals surface area contributed by atoms with Gasteiger partial charge in [0, 0.05) is 27.9 Å². The van der Waals surface area contributed by atoms with E-state index in [1.165, 1.54) is 44.2 Å². The molecule has 1 atom stereocenters. The van der Waals surface area contributed by atoms with Gasteiger partial charge in [-0.25, -0.2) is 0 Å². The smallest absolute Gasteiger partial charge is 0.0716 e. The fourth-order valence-corrected chi connectivity index (χ4v) is 6.89. The van der Waals surface area contributed by atoms with Crippen molar-refractivity contribution in [3.63, 3.8) is 0 Å². The summed E-state index contributed by atoms with van der Waals surface area (Å²) in [7, 11) is -0.658. The average Bonchev–Trinajstić information content (AvgIpc) is 2.73. The Hall–Kier alpha value is -2.96. The van der Waals surface area contributed by atoms with E-state index in [0.29, 0.717) is 0 Å². The summed E-state index contributed by atoms with van der Waals surface area (Å²) in [5, 5.41) is 2.84. The molecule has 0 spiro atoms. The standard InChI is InChI=1S/C23H15N2P/c1-4-10-20-16(7-1)18-8-2-5-11-22(18)26-23-12-6-3-9-19(23)17-13-14-24-15-21(17)25(20)26/h1-15H. The van der Waals surface area contributed by atoms with Gasteiger partial charge in [-0.2, -0.15) is 0 Å². The molecule has 1 unspecified atom stereocenters. The lowest BCUT2D eigenvalue weighted by Crippen LogP contribution is -2.33. The first-order valence-corrected chi connectivity index (χ1v) is 10.0. The molecule has 0 saturated heterocycles. The molecule has 2 aliphatic rings. The van der Waals surface area contributed by atoms with Gasteiger partial charge >= 0.3 is 0 Å². The molecule has 3 heteroatoms. The molecule has 122 valence electrons. The Morgan fingerprint density at radius 2 is 1.15 bits per heavy atom. The molecule has 26 heavy (non-hydrogen) atoms. The molecule has 0 N–H and O–H groups in total. The maximum Gasteiger partial charge on any atom is 0.0716 e. The highest BCUT2D eigenvalue weighted by Gasteiger charge is 2.38. The van der Waals surface area contributed by atoms with E-state index in [9.17, 15) is 0 Å². The summed E-state index contributed by atoms with van der Waals surface area (Å²) in [4.78, 5) is 4.46. The van der Waals surface area contributed by atoms with Crippen LogP contribution in [-0.4, -0.2) is 4.98 Å². The fourth-order valence-electron chi connectivity index (χ4n) is 4.13. The normalized spacial score (nSPS) is 16.0. The highest BCUT2D eigenvalue weighted by Crippen LogP contribution is 2.60. The van der Waals surface area contributed by atoms with Gasteiger partial charge in [-0.15, -0.1) is 0 Å². The lowest BCUT2D eigenvalue weighted by molar-refractivity contribution is 1.28. The number of para-hydroxylation sites is 1. The van der Waals surface area contributed by atoms with E-state index in [1.807, 2.05) is 12.4 Å². The van der Waals surface area contributed by atoms with Crippen LogP contribution in [0.25, 0.3) is 22.3 Å². The van der Waals surface area contributed by atoms with Crippen molar-refractivity contribution in [2.75, 3.05) is 4.67 Å². The van der Waals surface area contributed by atoms with Gasteiger partial charge in [0.2, 0.25) is 0 Å². The van der Waals surface area contributed by atoms with Crippen LogP contribution in [0.1, 0.15) is 0 Å². The number of rotatable bonds is 0. The van der Waals surface area contributed by atoms with E-state index in [4.69, 9.17) is 0 Å². The lowest BCUT2D eigenvalue weighted by atomic mass is 10.0. The molecular weight excluding hydrogens is 335 g/mol. The topological polar surface area (TPSA) is 16.1 Å². The number of hydrogen-bond donors (Lipinski definition) is 0. The van der Waals surface area contributed by atoms with Gasteiger partial charge in [-0.3, -0.25) is 4.98 Å². The second-order valence-corrected chi connectivity index (χ2v) is 8.56. The van der Waals surface area contributed by atoms with Crippen molar-refractivity contribution >= 4 is 30.1 Å². The molecule has 0 amide bonds. The predicted octanol–water partition coefficient (Wildman–Crippen LogP) is 5.23. The van der Waals surface area contributed by atoms with Crippen molar-refractivity contribution in [1.29, 1.82) is 0 Å². The van der Waals surface area contributed by atoms with E-state index >= 15 is 0 Å². The number of pyridine rings is 1. The van der Waals surface area contributed by atoms with Crippen LogP contribution in [0.3, 0.4) is 0 Å². The number of benzene rings is 3. The molecule has 1 aromatic heterocycles. The minimum absolute atomic E-state index is 0.658. The minimum Gasteiger partial charge on any atom is -0.309 e. The summed E-state index contributed by atoms with van der Waals surface area (Å²) >= 11 is 0. The van der Waals surface area contributed by atoms with Crippen molar-refractivity contribution in [2.45, 2.75) is 0 Å². The number of fused-ring (bicyclic) bond motifs is 11. The SMILES string of the molecule is c1ccc2c(c1)-c1ccccc1P1c3ccccc3-c3ccncc3N21. The minimum atomic E-state index is -0.658. The molecule has 2 nitrogen and oxygen atoms in total. The summed E-state index contributed by atoms with van der Waals surface area (Å²) in [6.45, 7) is 0. The second kappa shape index (κ2) is 5.27. The molecular formula is C23H15N2P. The van der Waals surface area contributed by atoms with Gasteiger partial charge in [0.05, 0.1) is 25.6 Å². The molecule has 0 saturated carbocycles. The van der Waals surface area contributed by atoms with E-state index in [1.54, 1.807) is 0 Å². The Morgan fingerprint density at radius 1 is 0.577 bits per heavy atom. The predicted molar refractivity (Wildman–Crippen MR) is 110 cm³/mol. The Kier molecular flexibility index (Phi) is 2.88. The van der Waals surface area contributed by atoms with E-state index in [2.05, 4.69) is 88.5 Å². The summed E-state index contributed by atoms with van der Waals surface area (Å²) in [5.41, 5.74) is 7.74. The summed E-state index contributed by atoms with van der Waals surface area (Å²) in [5.74, 6) is 0. The number of anilines is 2. The van der Waals surface area contributed by atoms with Crippen LogP contribution in [0.2, 0.25) is 0 Å². The highest BCUT2D eigenvalue weighted by molar-refractivity contribution is 7.75. The van der Waals surface area contributed by atoms with Gasteiger partial charge in [0.15, 0.2) is 0 Å². The van der Waals surface area contributed by atoms with Crippen molar-refractivity contribution in [3.8, 4) is 22.3 Å². The largest absolute Gasteiger partial charge is 0.309 e. The number of nitrogens with zero attached hydrogens (tertiary/aromatic N) is 2. The van der Waals surface area contributed by atoms with Crippen LogP contribution in [0.4, 0.5) is 11.4 Å². The third-order valence-electron chi connectivity index (χ3n) is 5.21. The third kappa shape index (κ3) is 1.77. The molecule has 2 aliphatic heterocycles. The summed E-state index contributed by atoms with van der Waals surface area (Å²) in [6, 6.07) is 28.6. The van der Waals surface area contributed by atoms with Crippen LogP contribution in [0.5, 0.6) is 0 Å². The van der Waals surface area contributed by atoms with Crippen LogP contribution in [0, 0.1) is 0 Å². The van der Waals surface area contributed by atoms with Crippen LogP contribution >= 0.6 is 8.07 Å². The van der Waals surface area contributed by atoms with E-state index in [0.717, 1.165) is 0 Å². The highest BCUT2D eigenvalue weighted by atomic mass is 31.1. The zero-order valence-corrected chi connectivity index (χ0v) is 14.9. The Labute approximate surface area is 153 Å². The zero-order valence-electron chi connectivity index (χ0n) is 14.0. The maximum atomic E-state index is 4.46. The molecule has 0 fully saturated rings. The van der Waals surface area contributed by atoms with E-state index < -0.39 is 8.07 Å². The van der Waals surface area contributed by atoms with Crippen LogP contribution in [-0.2, 0) is 0 Å². The molecule has 0 bridgehead atoms. The molecule has 4 aromatic rings. The van der Waals surface area contributed by atoms with Gasteiger partial charge in [0.1, 0.15) is 0 Å². The molecule has 0 radical (unpaired) electrons. The molecule has 0 aliphatic carbocycles. The number of hydrogen-bond acceptors (Lipinski definition) is 2. The first-order chi connectivity index (χ1) is 12.9. The van der Waals surface area contributed by atoms with Gasteiger partial charge in [-0.1, -0.05) is 66.7 Å². The first kappa shape index (κ1) is 14.2. The van der Waals surface area contributed by atoms with Crippen LogP contribution in [0.15, 0.2) is 91.3 Å². The Bertz CT molecular complexity index is 984. The average molecular weight is 350 g/mol.